The molecule has 0 radical (unpaired) electrons. The lowest BCUT2D eigenvalue weighted by Crippen LogP contribution is -2.51. The topological polar surface area (TPSA) is 67.9 Å². The number of nitrogens with zero attached hydrogens (tertiary/aromatic N) is 1. The summed E-state index contributed by atoms with van der Waals surface area (Å²) in [6, 6.07) is 26.4. The second-order valence-corrected chi connectivity index (χ2v) is 8.37. The van der Waals surface area contributed by atoms with E-state index in [0.29, 0.717) is 32.5 Å². The Kier molecular flexibility index (Phi) is 10.3. The van der Waals surface area contributed by atoms with E-state index in [2.05, 4.69) is 5.32 Å². The lowest BCUT2D eigenvalue weighted by Gasteiger charge is -2.32. The standard InChI is InChI=1S/C29H34N2O4/c1-34-19-9-18-30-29(33)27(20-23-10-5-3-6-11-23)31(22-25-14-16-26(35-2)17-15-25)28(32)21-24-12-7-4-8-13-24/h3-8,10-17,27H,9,18-22H2,1-2H3,(H,30,33)/t27-/m1/s1. The fourth-order valence-corrected chi connectivity index (χ4v) is 3.90. The lowest BCUT2D eigenvalue weighted by molar-refractivity contribution is -0.140. The summed E-state index contributed by atoms with van der Waals surface area (Å²) < 4.78 is 10.4. The Morgan fingerprint density at radius 2 is 1.46 bits per heavy atom. The molecule has 1 N–H and O–H groups in total. The zero-order valence-electron chi connectivity index (χ0n) is 20.5. The molecule has 0 saturated carbocycles. The summed E-state index contributed by atoms with van der Waals surface area (Å²) in [5, 5.41) is 3.01. The van der Waals surface area contributed by atoms with E-state index in [1.54, 1.807) is 19.1 Å². The number of nitrogens with one attached hydrogen (secondary N) is 1. The maximum atomic E-state index is 13.7. The highest BCUT2D eigenvalue weighted by Crippen LogP contribution is 2.18. The van der Waals surface area contributed by atoms with Crippen LogP contribution in [-0.4, -0.2) is 50.1 Å². The molecule has 35 heavy (non-hydrogen) atoms. The van der Waals surface area contributed by atoms with Gasteiger partial charge in [-0.15, -0.1) is 0 Å². The highest BCUT2D eigenvalue weighted by molar-refractivity contribution is 5.88. The molecule has 0 aromatic heterocycles. The molecular weight excluding hydrogens is 440 g/mol. The van der Waals surface area contributed by atoms with E-state index in [4.69, 9.17) is 9.47 Å². The molecule has 0 fully saturated rings. The molecular formula is C29H34N2O4. The van der Waals surface area contributed by atoms with Gasteiger partial charge < -0.3 is 19.7 Å². The average molecular weight is 475 g/mol. The Bertz CT molecular complexity index is 1040. The van der Waals surface area contributed by atoms with Crippen LogP contribution in [0.1, 0.15) is 23.1 Å². The third-order valence-electron chi connectivity index (χ3n) is 5.81. The van der Waals surface area contributed by atoms with E-state index >= 15 is 0 Å². The smallest absolute Gasteiger partial charge is 0.243 e. The van der Waals surface area contributed by atoms with Crippen LogP contribution in [-0.2, 0) is 33.7 Å². The van der Waals surface area contributed by atoms with Gasteiger partial charge in [0.2, 0.25) is 11.8 Å². The molecule has 0 aliphatic rings. The van der Waals surface area contributed by atoms with Crippen LogP contribution in [0.4, 0.5) is 0 Å². The van der Waals surface area contributed by atoms with Crippen molar-refractivity contribution in [2.45, 2.75) is 31.8 Å². The first-order chi connectivity index (χ1) is 17.1. The Morgan fingerprint density at radius 1 is 0.829 bits per heavy atom. The van der Waals surface area contributed by atoms with E-state index < -0.39 is 6.04 Å². The Morgan fingerprint density at radius 3 is 2.06 bits per heavy atom. The predicted molar refractivity (Wildman–Crippen MR) is 137 cm³/mol. The van der Waals surface area contributed by atoms with Crippen molar-refractivity contribution in [2.24, 2.45) is 0 Å². The first-order valence-corrected chi connectivity index (χ1v) is 11.9. The molecule has 2 amide bonds. The normalized spacial score (nSPS) is 11.5. The van der Waals surface area contributed by atoms with Crippen molar-refractivity contribution in [3.63, 3.8) is 0 Å². The molecule has 0 heterocycles. The molecule has 6 nitrogen and oxygen atoms in total. The average Bonchev–Trinajstić information content (AvgIpc) is 2.90. The van der Waals surface area contributed by atoms with Crippen molar-refractivity contribution in [3.05, 3.63) is 102 Å². The third-order valence-corrected chi connectivity index (χ3v) is 5.81. The minimum absolute atomic E-state index is 0.0972. The molecule has 0 spiro atoms. The first-order valence-electron chi connectivity index (χ1n) is 11.9. The van der Waals surface area contributed by atoms with Crippen LogP contribution < -0.4 is 10.1 Å². The number of hydrogen-bond donors (Lipinski definition) is 1. The molecule has 3 aromatic carbocycles. The summed E-state index contributed by atoms with van der Waals surface area (Å²) in [6.45, 7) is 1.37. The zero-order chi connectivity index (χ0) is 24.9. The van der Waals surface area contributed by atoms with Crippen LogP contribution >= 0.6 is 0 Å². The molecule has 0 unspecified atom stereocenters. The molecule has 0 aliphatic carbocycles. The van der Waals surface area contributed by atoms with Crippen LogP contribution in [0.5, 0.6) is 5.75 Å². The van der Waals surface area contributed by atoms with Crippen molar-refractivity contribution in [2.75, 3.05) is 27.4 Å². The number of rotatable bonds is 13. The minimum Gasteiger partial charge on any atom is -0.497 e. The van der Waals surface area contributed by atoms with Crippen molar-refractivity contribution in [1.82, 2.24) is 10.2 Å². The maximum absolute atomic E-state index is 13.7. The second-order valence-electron chi connectivity index (χ2n) is 8.37. The van der Waals surface area contributed by atoms with Crippen molar-refractivity contribution in [3.8, 4) is 5.75 Å². The van der Waals surface area contributed by atoms with E-state index in [1.165, 1.54) is 0 Å². The number of carbonyl (C=O) groups is 2. The summed E-state index contributed by atoms with van der Waals surface area (Å²) >= 11 is 0. The van der Waals surface area contributed by atoms with Crippen LogP contribution in [0.2, 0.25) is 0 Å². The van der Waals surface area contributed by atoms with Crippen LogP contribution in [0.15, 0.2) is 84.9 Å². The molecule has 1 atom stereocenters. The van der Waals surface area contributed by atoms with E-state index in [-0.39, 0.29) is 18.2 Å². The number of hydrogen-bond acceptors (Lipinski definition) is 4. The number of methoxy groups -OCH3 is 2. The molecule has 3 aromatic rings. The van der Waals surface area contributed by atoms with Crippen LogP contribution in [0.25, 0.3) is 0 Å². The number of ether oxygens (including phenoxy) is 2. The van der Waals surface area contributed by atoms with Gasteiger partial charge in [0.1, 0.15) is 11.8 Å². The second kappa shape index (κ2) is 13.9. The third kappa shape index (κ3) is 8.26. The fourth-order valence-electron chi connectivity index (χ4n) is 3.90. The van der Waals surface area contributed by atoms with Gasteiger partial charge in [0.05, 0.1) is 13.5 Å². The highest BCUT2D eigenvalue weighted by Gasteiger charge is 2.30. The van der Waals surface area contributed by atoms with Gasteiger partial charge in [-0.3, -0.25) is 9.59 Å². The largest absolute Gasteiger partial charge is 0.497 e. The van der Waals surface area contributed by atoms with Gasteiger partial charge >= 0.3 is 0 Å². The monoisotopic (exact) mass is 474 g/mol. The van der Waals surface area contributed by atoms with Crippen molar-refractivity contribution < 1.29 is 19.1 Å². The highest BCUT2D eigenvalue weighted by atomic mass is 16.5. The van der Waals surface area contributed by atoms with Gasteiger partial charge in [0.25, 0.3) is 0 Å². The first kappa shape index (κ1) is 26.0. The Balaban J connectivity index is 1.90. The van der Waals surface area contributed by atoms with Gasteiger partial charge in [0, 0.05) is 33.2 Å². The SMILES string of the molecule is COCCCNC(=O)[C@@H](Cc1ccccc1)N(Cc1ccc(OC)cc1)C(=O)Cc1ccccc1. The lowest BCUT2D eigenvalue weighted by atomic mass is 10.0. The number of amides is 2. The quantitative estimate of drug-likeness (QED) is 0.380. The van der Waals surface area contributed by atoms with Crippen LogP contribution in [0.3, 0.4) is 0 Å². The molecule has 0 saturated heterocycles. The van der Waals surface area contributed by atoms with Gasteiger partial charge in [-0.1, -0.05) is 72.8 Å². The summed E-state index contributed by atoms with van der Waals surface area (Å²) in [7, 11) is 3.26. The van der Waals surface area contributed by atoms with Gasteiger partial charge in [-0.05, 0) is 35.2 Å². The van der Waals surface area contributed by atoms with E-state index in [1.807, 2.05) is 84.9 Å². The van der Waals surface area contributed by atoms with Gasteiger partial charge in [-0.25, -0.2) is 0 Å². The fraction of sp³-hybridized carbons (Fsp3) is 0.310. The molecule has 184 valence electrons. The van der Waals surface area contributed by atoms with Gasteiger partial charge in [0.15, 0.2) is 0 Å². The predicted octanol–water partition coefficient (Wildman–Crippen LogP) is 4.03. The summed E-state index contributed by atoms with van der Waals surface area (Å²) in [4.78, 5) is 28.8. The van der Waals surface area contributed by atoms with Crippen LogP contribution in [0, 0.1) is 0 Å². The van der Waals surface area contributed by atoms with Crippen molar-refractivity contribution >= 4 is 11.8 Å². The number of benzene rings is 3. The molecule has 6 heteroatoms. The van der Waals surface area contributed by atoms with Gasteiger partial charge in [-0.2, -0.15) is 0 Å². The Labute approximate surface area is 207 Å². The maximum Gasteiger partial charge on any atom is 0.243 e. The Hall–Kier alpha value is -3.64. The zero-order valence-corrected chi connectivity index (χ0v) is 20.5. The molecule has 3 rings (SSSR count). The minimum atomic E-state index is -0.654. The number of carbonyl (C=O) groups excluding carboxylic acids is 2. The molecule has 0 bridgehead atoms. The van der Waals surface area contributed by atoms with Crippen molar-refractivity contribution in [1.29, 1.82) is 0 Å². The van der Waals surface area contributed by atoms with E-state index in [0.717, 1.165) is 22.4 Å². The van der Waals surface area contributed by atoms with E-state index in [9.17, 15) is 9.59 Å². The summed E-state index contributed by atoms with van der Waals surface area (Å²) in [5.74, 6) is 0.479. The summed E-state index contributed by atoms with van der Waals surface area (Å²) in [5.41, 5.74) is 2.84. The molecule has 0 aliphatic heterocycles. The summed E-state index contributed by atoms with van der Waals surface area (Å²) in [6.07, 6.45) is 1.35.